The number of nitro benzene ring substituents is 1. The molecule has 1 aliphatic rings. The molecular weight excluding hydrogens is 326 g/mol. The van der Waals surface area contributed by atoms with Crippen molar-refractivity contribution in [1.29, 1.82) is 0 Å². The molecule has 0 radical (unpaired) electrons. The minimum atomic E-state index is -0.297. The lowest BCUT2D eigenvalue weighted by atomic mass is 9.98. The first-order valence-electron chi connectivity index (χ1n) is 8.82. The molecule has 0 unspecified atom stereocenters. The molecule has 2 heterocycles. The summed E-state index contributed by atoms with van der Waals surface area (Å²) >= 11 is 0. The Hall–Kier alpha value is -2.92. The number of rotatable bonds is 4. The summed E-state index contributed by atoms with van der Waals surface area (Å²) in [5.74, 6) is 0. The van der Waals surface area contributed by atoms with E-state index in [1.165, 1.54) is 11.3 Å². The highest BCUT2D eigenvalue weighted by Crippen LogP contribution is 2.34. The molecule has 5 nitrogen and oxygen atoms in total. The van der Waals surface area contributed by atoms with Crippen molar-refractivity contribution >= 4 is 5.69 Å². The van der Waals surface area contributed by atoms with Gasteiger partial charge in [-0.1, -0.05) is 42.5 Å². The SMILES string of the molecule is Cc1c(CN2CCn3cccc3[C@@H]2c2ccccc2)cccc1[N+](=O)[O-]. The zero-order chi connectivity index (χ0) is 18.1. The molecule has 0 N–H and O–H groups in total. The molecule has 0 saturated carbocycles. The first-order chi connectivity index (χ1) is 12.6. The molecule has 1 aromatic heterocycles. The molecule has 132 valence electrons. The molecule has 1 atom stereocenters. The van der Waals surface area contributed by atoms with Crippen LogP contribution in [0.1, 0.15) is 28.4 Å². The van der Waals surface area contributed by atoms with Crippen molar-refractivity contribution in [2.75, 3.05) is 6.54 Å². The van der Waals surface area contributed by atoms with E-state index in [9.17, 15) is 10.1 Å². The van der Waals surface area contributed by atoms with Crippen molar-refractivity contribution in [3.63, 3.8) is 0 Å². The molecule has 26 heavy (non-hydrogen) atoms. The average Bonchev–Trinajstić information content (AvgIpc) is 3.12. The van der Waals surface area contributed by atoms with Crippen LogP contribution < -0.4 is 0 Å². The maximum Gasteiger partial charge on any atom is 0.272 e. The van der Waals surface area contributed by atoms with Gasteiger partial charge in [-0.3, -0.25) is 15.0 Å². The van der Waals surface area contributed by atoms with Crippen LogP contribution in [0.3, 0.4) is 0 Å². The van der Waals surface area contributed by atoms with Crippen LogP contribution in [-0.2, 0) is 13.1 Å². The quantitative estimate of drug-likeness (QED) is 0.522. The van der Waals surface area contributed by atoms with E-state index >= 15 is 0 Å². The van der Waals surface area contributed by atoms with Gasteiger partial charge in [0.05, 0.1) is 11.0 Å². The van der Waals surface area contributed by atoms with Gasteiger partial charge in [-0.15, -0.1) is 0 Å². The number of nitro groups is 1. The smallest absolute Gasteiger partial charge is 0.272 e. The Morgan fingerprint density at radius 3 is 2.62 bits per heavy atom. The van der Waals surface area contributed by atoms with Crippen LogP contribution in [0.5, 0.6) is 0 Å². The Kier molecular flexibility index (Phi) is 4.31. The molecular formula is C21H21N3O2. The highest BCUT2D eigenvalue weighted by Gasteiger charge is 2.29. The number of aromatic nitrogens is 1. The lowest BCUT2D eigenvalue weighted by molar-refractivity contribution is -0.385. The standard InChI is InChI=1S/C21H21N3O2/c1-16-18(9-5-10-19(16)24(25)26)15-23-14-13-22-12-6-11-20(22)21(23)17-7-3-2-4-8-17/h2-12,21H,13-15H2,1H3/t21-/m0/s1. The van der Waals surface area contributed by atoms with Gasteiger partial charge >= 0.3 is 0 Å². The highest BCUT2D eigenvalue weighted by molar-refractivity contribution is 5.44. The third-order valence-electron chi connectivity index (χ3n) is 5.24. The lowest BCUT2D eigenvalue weighted by Crippen LogP contribution is -2.38. The lowest BCUT2D eigenvalue weighted by Gasteiger charge is -2.37. The number of fused-ring (bicyclic) bond motifs is 1. The zero-order valence-electron chi connectivity index (χ0n) is 14.7. The summed E-state index contributed by atoms with van der Waals surface area (Å²) in [5, 5.41) is 11.3. The number of hydrogen-bond acceptors (Lipinski definition) is 3. The molecule has 2 aromatic carbocycles. The van der Waals surface area contributed by atoms with Crippen molar-refractivity contribution in [1.82, 2.24) is 9.47 Å². The van der Waals surface area contributed by atoms with Crippen molar-refractivity contribution in [2.24, 2.45) is 0 Å². The maximum atomic E-state index is 11.3. The minimum absolute atomic E-state index is 0.151. The van der Waals surface area contributed by atoms with Gasteiger partial charge in [0.1, 0.15) is 0 Å². The van der Waals surface area contributed by atoms with Gasteiger partial charge in [0, 0.05) is 43.2 Å². The first kappa shape index (κ1) is 16.5. The van der Waals surface area contributed by atoms with E-state index in [0.717, 1.165) is 24.2 Å². The van der Waals surface area contributed by atoms with Gasteiger partial charge in [-0.05, 0) is 30.2 Å². The van der Waals surface area contributed by atoms with Crippen molar-refractivity contribution in [2.45, 2.75) is 26.1 Å². The molecule has 0 spiro atoms. The van der Waals surface area contributed by atoms with Crippen molar-refractivity contribution < 1.29 is 4.92 Å². The van der Waals surface area contributed by atoms with Gasteiger partial charge in [0.2, 0.25) is 0 Å². The molecule has 0 saturated heterocycles. The van der Waals surface area contributed by atoms with Crippen LogP contribution in [0.15, 0.2) is 66.9 Å². The van der Waals surface area contributed by atoms with E-state index in [1.807, 2.05) is 19.1 Å². The predicted octanol–water partition coefficient (Wildman–Crippen LogP) is 4.31. The number of hydrogen-bond donors (Lipinski definition) is 0. The number of nitrogens with zero attached hydrogens (tertiary/aromatic N) is 3. The fourth-order valence-electron chi connectivity index (χ4n) is 3.88. The molecule has 0 fully saturated rings. The normalized spacial score (nSPS) is 17.0. The van der Waals surface area contributed by atoms with Crippen molar-refractivity contribution in [3.8, 4) is 0 Å². The second-order valence-corrected chi connectivity index (χ2v) is 6.73. The van der Waals surface area contributed by atoms with Gasteiger partial charge in [0.15, 0.2) is 0 Å². The van der Waals surface area contributed by atoms with Gasteiger partial charge in [-0.25, -0.2) is 0 Å². The Morgan fingerprint density at radius 1 is 1.04 bits per heavy atom. The predicted molar refractivity (Wildman–Crippen MR) is 101 cm³/mol. The summed E-state index contributed by atoms with van der Waals surface area (Å²) in [6.07, 6.45) is 2.13. The molecule has 3 aromatic rings. The van der Waals surface area contributed by atoms with Crippen LogP contribution in [0, 0.1) is 17.0 Å². The van der Waals surface area contributed by atoms with Crippen LogP contribution in [-0.4, -0.2) is 20.9 Å². The molecule has 0 amide bonds. The summed E-state index contributed by atoms with van der Waals surface area (Å²) < 4.78 is 2.30. The van der Waals surface area contributed by atoms with Crippen molar-refractivity contribution in [3.05, 3.63) is 99.4 Å². The van der Waals surface area contributed by atoms with Gasteiger partial charge < -0.3 is 4.57 Å². The zero-order valence-corrected chi connectivity index (χ0v) is 14.7. The fourth-order valence-corrected chi connectivity index (χ4v) is 3.88. The fraction of sp³-hybridized carbons (Fsp3) is 0.238. The third kappa shape index (κ3) is 2.91. The topological polar surface area (TPSA) is 51.3 Å². The Balaban J connectivity index is 1.72. The van der Waals surface area contributed by atoms with Gasteiger partial charge in [-0.2, -0.15) is 0 Å². The Morgan fingerprint density at radius 2 is 1.85 bits per heavy atom. The second-order valence-electron chi connectivity index (χ2n) is 6.73. The minimum Gasteiger partial charge on any atom is -0.348 e. The highest BCUT2D eigenvalue weighted by atomic mass is 16.6. The molecule has 0 aliphatic carbocycles. The van der Waals surface area contributed by atoms with Gasteiger partial charge in [0.25, 0.3) is 5.69 Å². The molecule has 1 aliphatic heterocycles. The summed E-state index contributed by atoms with van der Waals surface area (Å²) in [6.45, 7) is 4.37. The Bertz CT molecular complexity index is 933. The first-order valence-corrected chi connectivity index (χ1v) is 8.82. The van der Waals surface area contributed by atoms with Crippen LogP contribution in [0.4, 0.5) is 5.69 Å². The Labute approximate surface area is 152 Å². The largest absolute Gasteiger partial charge is 0.348 e. The summed E-state index contributed by atoms with van der Waals surface area (Å²) in [6, 6.07) is 20.2. The average molecular weight is 347 g/mol. The van der Waals surface area contributed by atoms with Crippen LogP contribution in [0.2, 0.25) is 0 Å². The molecule has 0 bridgehead atoms. The van der Waals surface area contributed by atoms with E-state index < -0.39 is 0 Å². The third-order valence-corrected chi connectivity index (χ3v) is 5.24. The maximum absolute atomic E-state index is 11.3. The monoisotopic (exact) mass is 347 g/mol. The van der Waals surface area contributed by atoms with E-state index in [1.54, 1.807) is 12.1 Å². The van der Waals surface area contributed by atoms with Crippen LogP contribution in [0.25, 0.3) is 0 Å². The van der Waals surface area contributed by atoms with E-state index in [4.69, 9.17) is 0 Å². The van der Waals surface area contributed by atoms with E-state index in [0.29, 0.717) is 6.54 Å². The molecule has 5 heteroatoms. The second kappa shape index (κ2) is 6.77. The van der Waals surface area contributed by atoms with Crippen LogP contribution >= 0.6 is 0 Å². The summed E-state index contributed by atoms with van der Waals surface area (Å²) in [5.41, 5.74) is 4.48. The molecule has 4 rings (SSSR count). The van der Waals surface area contributed by atoms with E-state index in [2.05, 4.69) is 52.1 Å². The van der Waals surface area contributed by atoms with E-state index in [-0.39, 0.29) is 16.7 Å². The summed E-state index contributed by atoms with van der Waals surface area (Å²) in [4.78, 5) is 13.4. The number of benzene rings is 2. The summed E-state index contributed by atoms with van der Waals surface area (Å²) in [7, 11) is 0.